The van der Waals surface area contributed by atoms with Gasteiger partial charge in [-0.15, -0.1) is 0 Å². The highest BCUT2D eigenvalue weighted by Crippen LogP contribution is 2.30. The minimum Gasteiger partial charge on any atom is -0.497 e. The number of aliphatic hydroxyl groups excluding tert-OH is 1. The minimum absolute atomic E-state index is 0.0639. The molecule has 2 N–H and O–H groups in total. The third-order valence-electron chi connectivity index (χ3n) is 5.62. The highest BCUT2D eigenvalue weighted by atomic mass is 16.5. The maximum Gasteiger partial charge on any atom is 0.234 e. The van der Waals surface area contributed by atoms with Crippen molar-refractivity contribution in [2.24, 2.45) is 0 Å². The van der Waals surface area contributed by atoms with E-state index in [0.717, 1.165) is 16.9 Å². The van der Waals surface area contributed by atoms with Crippen LogP contribution in [0.25, 0.3) is 0 Å². The fourth-order valence-corrected chi connectivity index (χ4v) is 3.87. The molecule has 1 amide bonds. The fourth-order valence-electron chi connectivity index (χ4n) is 3.87. The van der Waals surface area contributed by atoms with Gasteiger partial charge in [0.15, 0.2) is 0 Å². The molecule has 1 aliphatic heterocycles. The van der Waals surface area contributed by atoms with Gasteiger partial charge in [-0.1, -0.05) is 54.6 Å². The largest absolute Gasteiger partial charge is 0.497 e. The number of nitrogens with one attached hydrogen (secondary N) is 1. The number of rotatable bonds is 9. The van der Waals surface area contributed by atoms with Crippen LogP contribution >= 0.6 is 0 Å². The number of hydrogen-bond acceptors (Lipinski definition) is 6. The van der Waals surface area contributed by atoms with E-state index < -0.39 is 6.10 Å². The summed E-state index contributed by atoms with van der Waals surface area (Å²) in [6, 6.07) is 25.1. The summed E-state index contributed by atoms with van der Waals surface area (Å²) in [5, 5.41) is 13.1. The third kappa shape index (κ3) is 6.50. The van der Waals surface area contributed by atoms with Crippen molar-refractivity contribution >= 4 is 5.91 Å². The quantitative estimate of drug-likeness (QED) is 0.509. The number of benzene rings is 3. The number of ether oxygens (including phenoxy) is 3. The van der Waals surface area contributed by atoms with E-state index in [-0.39, 0.29) is 31.7 Å². The second-order valence-corrected chi connectivity index (χ2v) is 8.24. The smallest absolute Gasteiger partial charge is 0.234 e. The van der Waals surface area contributed by atoms with Crippen LogP contribution in [0.4, 0.5) is 0 Å². The summed E-state index contributed by atoms with van der Waals surface area (Å²) in [5.41, 5.74) is 2.11. The third-order valence-corrected chi connectivity index (χ3v) is 5.62. The van der Waals surface area contributed by atoms with E-state index in [0.29, 0.717) is 24.6 Å². The highest BCUT2D eigenvalue weighted by Gasteiger charge is 2.25. The van der Waals surface area contributed by atoms with Crippen molar-refractivity contribution < 1.29 is 24.1 Å². The monoisotopic (exact) mass is 462 g/mol. The lowest BCUT2D eigenvalue weighted by Crippen LogP contribution is -2.42. The molecule has 1 heterocycles. The van der Waals surface area contributed by atoms with Crippen LogP contribution in [-0.4, -0.2) is 55.4 Å². The van der Waals surface area contributed by atoms with Gasteiger partial charge in [-0.05, 0) is 23.8 Å². The number of nitrogens with zero attached hydrogens (tertiary/aromatic N) is 1. The molecule has 0 bridgehead atoms. The highest BCUT2D eigenvalue weighted by molar-refractivity contribution is 5.78. The molecule has 3 aromatic rings. The number of amides is 1. The SMILES string of the molecule is COc1cccc(OC[C@@H](O)CNC(=O)CN2Cc3ccccc3O[C@@H](c3ccccc3)C2)c1. The second kappa shape index (κ2) is 11.5. The van der Waals surface area contributed by atoms with E-state index in [1.54, 1.807) is 19.2 Å². The summed E-state index contributed by atoms with van der Waals surface area (Å²) >= 11 is 0. The molecule has 0 spiro atoms. The molecule has 3 aromatic carbocycles. The average molecular weight is 463 g/mol. The van der Waals surface area contributed by atoms with Crippen molar-refractivity contribution in [1.29, 1.82) is 0 Å². The zero-order valence-electron chi connectivity index (χ0n) is 19.2. The Kier molecular flexibility index (Phi) is 8.01. The van der Waals surface area contributed by atoms with Crippen molar-refractivity contribution in [3.05, 3.63) is 90.0 Å². The molecule has 0 saturated carbocycles. The van der Waals surface area contributed by atoms with E-state index >= 15 is 0 Å². The maximum absolute atomic E-state index is 12.7. The second-order valence-electron chi connectivity index (χ2n) is 8.24. The lowest BCUT2D eigenvalue weighted by atomic mass is 10.1. The first-order valence-electron chi connectivity index (χ1n) is 11.3. The lowest BCUT2D eigenvalue weighted by molar-refractivity contribution is -0.123. The number of aliphatic hydroxyl groups is 1. The van der Waals surface area contributed by atoms with E-state index in [1.807, 2.05) is 66.7 Å². The van der Waals surface area contributed by atoms with Crippen molar-refractivity contribution in [3.63, 3.8) is 0 Å². The van der Waals surface area contributed by atoms with Crippen LogP contribution < -0.4 is 19.5 Å². The Hall–Kier alpha value is -3.55. The number of fused-ring (bicyclic) bond motifs is 1. The topological polar surface area (TPSA) is 80.3 Å². The molecule has 0 fully saturated rings. The van der Waals surface area contributed by atoms with Gasteiger partial charge in [0.25, 0.3) is 0 Å². The number of carbonyl (C=O) groups is 1. The van der Waals surface area contributed by atoms with Crippen LogP contribution in [0.1, 0.15) is 17.2 Å². The summed E-state index contributed by atoms with van der Waals surface area (Å²) in [4.78, 5) is 14.7. The van der Waals surface area contributed by atoms with Crippen molar-refractivity contribution in [3.8, 4) is 17.2 Å². The first-order valence-corrected chi connectivity index (χ1v) is 11.3. The number of hydrogen-bond donors (Lipinski definition) is 2. The number of carbonyl (C=O) groups excluding carboxylic acids is 1. The zero-order valence-corrected chi connectivity index (χ0v) is 19.2. The van der Waals surface area contributed by atoms with E-state index in [2.05, 4.69) is 10.2 Å². The zero-order chi connectivity index (χ0) is 23.8. The summed E-state index contributed by atoms with van der Waals surface area (Å²) < 4.78 is 17.1. The molecule has 0 aromatic heterocycles. The van der Waals surface area contributed by atoms with Crippen LogP contribution in [-0.2, 0) is 11.3 Å². The summed E-state index contributed by atoms with van der Waals surface area (Å²) in [5.74, 6) is 1.95. The molecular weight excluding hydrogens is 432 g/mol. The van der Waals surface area contributed by atoms with Gasteiger partial charge < -0.3 is 24.6 Å². The Labute approximate surface area is 199 Å². The van der Waals surface area contributed by atoms with Crippen LogP contribution in [0.15, 0.2) is 78.9 Å². The molecule has 34 heavy (non-hydrogen) atoms. The summed E-state index contributed by atoms with van der Waals surface area (Å²) in [6.45, 7) is 1.55. The predicted molar refractivity (Wildman–Crippen MR) is 129 cm³/mol. The molecule has 1 aliphatic rings. The standard InChI is InChI=1S/C27H30N2O5/c1-32-23-11-7-12-24(14-23)33-19-22(30)15-28-27(31)18-29-16-21-10-5-6-13-25(21)34-26(17-29)20-8-3-2-4-9-20/h2-14,22,26,30H,15-19H2,1H3,(H,28,31)/t22-,26+/m0/s1. The molecule has 7 heteroatoms. The molecule has 4 rings (SSSR count). The molecular formula is C27H30N2O5. The minimum atomic E-state index is -0.833. The van der Waals surface area contributed by atoms with Crippen molar-refractivity contribution in [2.75, 3.05) is 33.4 Å². The van der Waals surface area contributed by atoms with Crippen molar-refractivity contribution in [2.45, 2.75) is 18.8 Å². The number of para-hydroxylation sites is 1. The summed E-state index contributed by atoms with van der Waals surface area (Å²) in [7, 11) is 1.58. The Morgan fingerprint density at radius 1 is 1.09 bits per heavy atom. The van der Waals surface area contributed by atoms with Gasteiger partial charge in [0.2, 0.25) is 5.91 Å². The van der Waals surface area contributed by atoms with E-state index in [4.69, 9.17) is 14.2 Å². The van der Waals surface area contributed by atoms with Crippen LogP contribution in [0.2, 0.25) is 0 Å². The lowest BCUT2D eigenvalue weighted by Gasteiger charge is -2.24. The van der Waals surface area contributed by atoms with Crippen LogP contribution in [0.3, 0.4) is 0 Å². The molecule has 2 atom stereocenters. The van der Waals surface area contributed by atoms with Gasteiger partial charge >= 0.3 is 0 Å². The summed E-state index contributed by atoms with van der Waals surface area (Å²) in [6.07, 6.45) is -1.01. The van der Waals surface area contributed by atoms with Gasteiger partial charge in [0.05, 0.1) is 13.7 Å². The van der Waals surface area contributed by atoms with E-state index in [1.165, 1.54) is 0 Å². The maximum atomic E-state index is 12.7. The molecule has 0 unspecified atom stereocenters. The Balaban J connectivity index is 1.31. The first-order chi connectivity index (χ1) is 16.6. The van der Waals surface area contributed by atoms with Gasteiger partial charge in [0.1, 0.15) is 36.1 Å². The predicted octanol–water partition coefficient (Wildman–Crippen LogP) is 3.19. The molecule has 0 aliphatic carbocycles. The van der Waals surface area contributed by atoms with Gasteiger partial charge in [0, 0.05) is 31.3 Å². The first kappa shape index (κ1) is 23.6. The molecule has 178 valence electrons. The normalized spacial score (nSPS) is 16.5. The Morgan fingerprint density at radius 2 is 1.85 bits per heavy atom. The van der Waals surface area contributed by atoms with Crippen LogP contribution in [0, 0.1) is 0 Å². The molecule has 7 nitrogen and oxygen atoms in total. The fraction of sp³-hybridized carbons (Fsp3) is 0.296. The number of methoxy groups -OCH3 is 1. The molecule has 0 saturated heterocycles. The van der Waals surface area contributed by atoms with Gasteiger partial charge in [-0.25, -0.2) is 0 Å². The van der Waals surface area contributed by atoms with Crippen molar-refractivity contribution in [1.82, 2.24) is 10.2 Å². The van der Waals surface area contributed by atoms with Gasteiger partial charge in [-0.2, -0.15) is 0 Å². The van der Waals surface area contributed by atoms with Crippen LogP contribution in [0.5, 0.6) is 17.2 Å². The van der Waals surface area contributed by atoms with Gasteiger partial charge in [-0.3, -0.25) is 9.69 Å². The average Bonchev–Trinajstić information content (AvgIpc) is 3.06. The molecule has 0 radical (unpaired) electrons. The Morgan fingerprint density at radius 3 is 2.68 bits per heavy atom. The Bertz CT molecular complexity index is 1080. The van der Waals surface area contributed by atoms with E-state index in [9.17, 15) is 9.90 Å².